The Morgan fingerprint density at radius 3 is 2.41 bits per heavy atom. The second-order valence-corrected chi connectivity index (χ2v) is 9.51. The molecule has 0 fully saturated rings. The molecule has 1 amide bonds. The number of hydrogen-bond acceptors (Lipinski definition) is 4. The van der Waals surface area contributed by atoms with Crippen molar-refractivity contribution in [2.45, 2.75) is 58.5 Å². The van der Waals surface area contributed by atoms with Crippen LogP contribution in [0.4, 0.5) is 5.69 Å². The zero-order chi connectivity index (χ0) is 22.8. The third-order valence-electron chi connectivity index (χ3n) is 5.51. The molecular weight excluding hydrogens is 416 g/mol. The fraction of sp³-hybridized carbons (Fsp3) is 0.370. The van der Waals surface area contributed by atoms with E-state index in [1.165, 1.54) is 9.75 Å². The van der Waals surface area contributed by atoms with E-state index in [1.807, 2.05) is 65.9 Å². The number of hydrogen-bond donors (Lipinski definition) is 2. The molecule has 4 nitrogen and oxygen atoms in total. The van der Waals surface area contributed by atoms with E-state index < -0.39 is 6.10 Å². The molecule has 0 saturated heterocycles. The molecule has 0 aliphatic heterocycles. The van der Waals surface area contributed by atoms with Crippen molar-refractivity contribution < 1.29 is 9.90 Å². The molecule has 0 radical (unpaired) electrons. The summed E-state index contributed by atoms with van der Waals surface area (Å²) >= 11 is 1.83. The molecule has 0 saturated carbocycles. The van der Waals surface area contributed by atoms with Crippen LogP contribution in [-0.2, 0) is 6.42 Å². The highest BCUT2D eigenvalue weighted by Gasteiger charge is 2.18. The molecule has 0 aliphatic rings. The van der Waals surface area contributed by atoms with E-state index in [0.717, 1.165) is 49.8 Å². The second-order valence-electron chi connectivity index (χ2n) is 8.13. The number of aliphatic hydroxyl groups is 1. The lowest BCUT2D eigenvalue weighted by Gasteiger charge is -2.24. The quantitative estimate of drug-likeness (QED) is 0.246. The van der Waals surface area contributed by atoms with Gasteiger partial charge in [-0.05, 0) is 68.1 Å². The second kappa shape index (κ2) is 12.5. The molecule has 2 N–H and O–H groups in total. The Morgan fingerprint density at radius 2 is 1.75 bits per heavy atom. The molecular formula is C27H34N2O2S. The third-order valence-corrected chi connectivity index (χ3v) is 6.57. The fourth-order valence-corrected chi connectivity index (χ4v) is 4.60. The number of rotatable bonds is 12. The first-order valence-electron chi connectivity index (χ1n) is 11.5. The number of amides is 1. The Hall–Kier alpha value is -2.47. The van der Waals surface area contributed by atoms with Gasteiger partial charge >= 0.3 is 0 Å². The summed E-state index contributed by atoms with van der Waals surface area (Å²) in [5, 5.41) is 12.1. The lowest BCUT2D eigenvalue weighted by molar-refractivity contribution is 0.0974. The summed E-state index contributed by atoms with van der Waals surface area (Å²) in [6.45, 7) is 4.97. The number of carbonyl (C=O) groups is 1. The van der Waals surface area contributed by atoms with Gasteiger partial charge in [-0.1, -0.05) is 56.5 Å². The molecule has 1 heterocycles. The van der Waals surface area contributed by atoms with Crippen LogP contribution in [0.25, 0.3) is 0 Å². The highest BCUT2D eigenvalue weighted by molar-refractivity contribution is 7.11. The summed E-state index contributed by atoms with van der Waals surface area (Å²) in [5.74, 6) is -0.0891. The van der Waals surface area contributed by atoms with Gasteiger partial charge in [0.15, 0.2) is 0 Å². The number of nitrogens with zero attached hydrogens (tertiary/aromatic N) is 1. The summed E-state index contributed by atoms with van der Waals surface area (Å²) in [4.78, 5) is 15.9. The third kappa shape index (κ3) is 7.02. The topological polar surface area (TPSA) is 52.6 Å². The molecule has 0 bridgehead atoms. The van der Waals surface area contributed by atoms with Crippen molar-refractivity contribution in [3.8, 4) is 0 Å². The predicted octanol–water partition coefficient (Wildman–Crippen LogP) is 6.45. The average Bonchev–Trinajstić information content (AvgIpc) is 3.24. The van der Waals surface area contributed by atoms with E-state index in [-0.39, 0.29) is 5.91 Å². The SMILES string of the molecule is CCCCCC(O)c1ccc(N(NCCCc2ccc(C)s2)C(=O)c2ccccc2)cc1. The van der Waals surface area contributed by atoms with Crippen molar-refractivity contribution in [2.75, 3.05) is 11.6 Å². The highest BCUT2D eigenvalue weighted by atomic mass is 32.1. The van der Waals surface area contributed by atoms with Crippen molar-refractivity contribution >= 4 is 22.9 Å². The van der Waals surface area contributed by atoms with Gasteiger partial charge < -0.3 is 5.11 Å². The molecule has 1 aromatic heterocycles. The van der Waals surface area contributed by atoms with Gasteiger partial charge in [0, 0.05) is 21.9 Å². The summed E-state index contributed by atoms with van der Waals surface area (Å²) in [5.41, 5.74) is 5.63. The first kappa shape index (κ1) is 24.2. The zero-order valence-corrected chi connectivity index (χ0v) is 19.9. The molecule has 3 rings (SSSR count). The van der Waals surface area contributed by atoms with Crippen LogP contribution in [0.2, 0.25) is 0 Å². The van der Waals surface area contributed by atoms with Crippen LogP contribution < -0.4 is 10.4 Å². The van der Waals surface area contributed by atoms with E-state index in [4.69, 9.17) is 0 Å². The lowest BCUT2D eigenvalue weighted by atomic mass is 10.0. The molecule has 0 aliphatic carbocycles. The molecule has 3 aromatic rings. The number of carbonyl (C=O) groups excluding carboxylic acids is 1. The number of benzene rings is 2. The monoisotopic (exact) mass is 450 g/mol. The van der Waals surface area contributed by atoms with E-state index in [1.54, 1.807) is 5.01 Å². The number of hydrazine groups is 1. The molecule has 170 valence electrons. The van der Waals surface area contributed by atoms with Crippen molar-refractivity contribution in [1.82, 2.24) is 5.43 Å². The van der Waals surface area contributed by atoms with Crippen LogP contribution >= 0.6 is 11.3 Å². The summed E-state index contributed by atoms with van der Waals surface area (Å²) in [6, 6.07) is 21.3. The van der Waals surface area contributed by atoms with E-state index in [2.05, 4.69) is 31.4 Å². The van der Waals surface area contributed by atoms with E-state index in [0.29, 0.717) is 12.1 Å². The standard InChI is InChI=1S/C27H34N2O2S/c1-3-4-6-13-26(30)22-15-17-24(18-16-22)29(27(31)23-10-7-5-8-11-23)28-20-9-12-25-19-14-21(2)32-25/h5,7-8,10-11,14-19,26,28,30H,3-4,6,9,12-13,20H2,1-2H3. The summed E-state index contributed by atoms with van der Waals surface area (Å²) in [7, 11) is 0. The van der Waals surface area contributed by atoms with Gasteiger partial charge in [-0.2, -0.15) is 0 Å². The maximum Gasteiger partial charge on any atom is 0.272 e. The van der Waals surface area contributed by atoms with Crippen molar-refractivity contribution in [2.24, 2.45) is 0 Å². The fourth-order valence-electron chi connectivity index (χ4n) is 3.66. The number of aryl methyl sites for hydroxylation is 2. The lowest BCUT2D eigenvalue weighted by Crippen LogP contribution is -2.43. The average molecular weight is 451 g/mol. The van der Waals surface area contributed by atoms with Gasteiger partial charge in [-0.15, -0.1) is 11.3 Å². The van der Waals surface area contributed by atoms with E-state index in [9.17, 15) is 9.90 Å². The molecule has 0 spiro atoms. The van der Waals surface area contributed by atoms with Gasteiger partial charge in [0.25, 0.3) is 5.91 Å². The minimum absolute atomic E-state index is 0.0891. The van der Waals surface area contributed by atoms with Crippen molar-refractivity contribution in [3.05, 3.63) is 87.6 Å². The minimum Gasteiger partial charge on any atom is -0.388 e. The smallest absolute Gasteiger partial charge is 0.272 e. The minimum atomic E-state index is -0.462. The predicted molar refractivity (Wildman–Crippen MR) is 134 cm³/mol. The highest BCUT2D eigenvalue weighted by Crippen LogP contribution is 2.24. The van der Waals surface area contributed by atoms with Gasteiger partial charge in [0.05, 0.1) is 11.8 Å². The first-order valence-corrected chi connectivity index (χ1v) is 12.4. The summed E-state index contributed by atoms with van der Waals surface area (Å²) in [6.07, 6.45) is 5.51. The Bertz CT molecular complexity index is 953. The number of thiophene rings is 1. The van der Waals surface area contributed by atoms with Gasteiger partial charge in [-0.25, -0.2) is 10.4 Å². The Morgan fingerprint density at radius 1 is 1.00 bits per heavy atom. The molecule has 5 heteroatoms. The number of aliphatic hydroxyl groups excluding tert-OH is 1. The van der Waals surface area contributed by atoms with Crippen molar-refractivity contribution in [3.63, 3.8) is 0 Å². The summed E-state index contributed by atoms with van der Waals surface area (Å²) < 4.78 is 0. The van der Waals surface area contributed by atoms with Crippen molar-refractivity contribution in [1.29, 1.82) is 0 Å². The molecule has 1 unspecified atom stereocenters. The Kier molecular flexibility index (Phi) is 9.47. The zero-order valence-electron chi connectivity index (χ0n) is 19.1. The van der Waals surface area contributed by atoms with Crippen LogP contribution in [0, 0.1) is 6.92 Å². The number of nitrogens with one attached hydrogen (secondary N) is 1. The van der Waals surface area contributed by atoms with E-state index >= 15 is 0 Å². The normalized spacial score (nSPS) is 12.0. The van der Waals surface area contributed by atoms with Gasteiger partial charge in [0.1, 0.15) is 0 Å². The van der Waals surface area contributed by atoms with Crippen LogP contribution in [0.3, 0.4) is 0 Å². The van der Waals surface area contributed by atoms with Gasteiger partial charge in [-0.3, -0.25) is 4.79 Å². The van der Waals surface area contributed by atoms with Crippen LogP contribution in [0.5, 0.6) is 0 Å². The first-order chi connectivity index (χ1) is 15.6. The molecule has 32 heavy (non-hydrogen) atoms. The maximum atomic E-state index is 13.2. The number of anilines is 1. The Labute approximate surface area is 195 Å². The number of unbranched alkanes of at least 4 members (excludes halogenated alkanes) is 2. The molecule has 2 aromatic carbocycles. The van der Waals surface area contributed by atoms with Gasteiger partial charge in [0.2, 0.25) is 0 Å². The molecule has 1 atom stereocenters. The van der Waals surface area contributed by atoms with Crippen LogP contribution in [0.1, 0.15) is 70.8 Å². The largest absolute Gasteiger partial charge is 0.388 e. The van der Waals surface area contributed by atoms with Crippen LogP contribution in [0.15, 0.2) is 66.7 Å². The van der Waals surface area contributed by atoms with Crippen LogP contribution in [-0.4, -0.2) is 17.6 Å². The maximum absolute atomic E-state index is 13.2. The Balaban J connectivity index is 1.67.